The third kappa shape index (κ3) is 5.34. The normalized spacial score (nSPS) is 18.7. The molecule has 0 bridgehead atoms. The number of nitrogens with zero attached hydrogens (tertiary/aromatic N) is 2. The SMILES string of the molecule is CC[C@@H](C)CN(CC(=O)N1CCc2sccc2[C@H]1COc1ccc(C)cc1)C(=O)C1CC1. The first-order valence-electron chi connectivity index (χ1n) is 11.8. The van der Waals surface area contributed by atoms with Crippen molar-refractivity contribution in [2.75, 3.05) is 26.2 Å². The molecule has 0 saturated heterocycles. The van der Waals surface area contributed by atoms with Gasteiger partial charge in [-0.25, -0.2) is 0 Å². The molecule has 2 amide bonds. The second-order valence-electron chi connectivity index (χ2n) is 9.28. The molecule has 172 valence electrons. The maximum Gasteiger partial charge on any atom is 0.242 e. The standard InChI is InChI=1S/C26H34N2O3S/c1-4-18(2)15-27(26(30)20-7-8-20)16-25(29)28-13-11-24-22(12-14-32-24)23(28)17-31-21-9-5-19(3)6-10-21/h5-6,9-10,12,14,18,20,23H,4,7-8,11,13,15-17H2,1-3H3/t18-,23-/m1/s1. The van der Waals surface area contributed by atoms with Crippen molar-refractivity contribution in [3.05, 3.63) is 51.7 Å². The highest BCUT2D eigenvalue weighted by molar-refractivity contribution is 7.10. The van der Waals surface area contributed by atoms with Crippen LogP contribution in [0.15, 0.2) is 35.7 Å². The van der Waals surface area contributed by atoms with Crippen molar-refractivity contribution in [1.82, 2.24) is 9.80 Å². The molecule has 2 aromatic rings. The topological polar surface area (TPSA) is 49.9 Å². The number of carbonyl (C=O) groups is 2. The third-order valence-corrected chi connectivity index (χ3v) is 7.63. The summed E-state index contributed by atoms with van der Waals surface area (Å²) in [4.78, 5) is 31.5. The highest BCUT2D eigenvalue weighted by Crippen LogP contribution is 2.35. The van der Waals surface area contributed by atoms with Crippen molar-refractivity contribution in [2.45, 2.75) is 52.5 Å². The largest absolute Gasteiger partial charge is 0.491 e. The van der Waals surface area contributed by atoms with Crippen LogP contribution in [0.4, 0.5) is 0 Å². The van der Waals surface area contributed by atoms with E-state index in [1.165, 1.54) is 16.0 Å². The highest BCUT2D eigenvalue weighted by atomic mass is 32.1. The van der Waals surface area contributed by atoms with Gasteiger partial charge in [-0.1, -0.05) is 38.0 Å². The molecule has 5 nitrogen and oxygen atoms in total. The molecule has 0 spiro atoms. The molecule has 1 aliphatic heterocycles. The van der Waals surface area contributed by atoms with Crippen molar-refractivity contribution in [1.29, 1.82) is 0 Å². The lowest BCUT2D eigenvalue weighted by Crippen LogP contribution is -2.48. The molecule has 1 aromatic carbocycles. The smallest absolute Gasteiger partial charge is 0.242 e. The molecule has 2 aliphatic rings. The molecule has 6 heteroatoms. The first-order chi connectivity index (χ1) is 15.5. The van der Waals surface area contributed by atoms with Crippen molar-refractivity contribution < 1.29 is 14.3 Å². The minimum atomic E-state index is -0.125. The number of benzene rings is 1. The monoisotopic (exact) mass is 454 g/mol. The number of carbonyl (C=O) groups excluding carboxylic acids is 2. The summed E-state index contributed by atoms with van der Waals surface area (Å²) in [6, 6.07) is 10.0. The number of ether oxygens (including phenoxy) is 1. The van der Waals surface area contributed by atoms with E-state index in [2.05, 4.69) is 32.2 Å². The summed E-state index contributed by atoms with van der Waals surface area (Å²) < 4.78 is 6.12. The second-order valence-corrected chi connectivity index (χ2v) is 10.3. The molecule has 1 aliphatic carbocycles. The van der Waals surface area contributed by atoms with E-state index in [9.17, 15) is 9.59 Å². The van der Waals surface area contributed by atoms with Gasteiger partial charge in [0.1, 0.15) is 12.4 Å². The summed E-state index contributed by atoms with van der Waals surface area (Å²) in [5, 5.41) is 2.10. The molecule has 4 rings (SSSR count). The lowest BCUT2D eigenvalue weighted by atomic mass is 10.00. The lowest BCUT2D eigenvalue weighted by Gasteiger charge is -2.37. The van der Waals surface area contributed by atoms with Crippen molar-refractivity contribution >= 4 is 23.2 Å². The summed E-state index contributed by atoms with van der Waals surface area (Å²) in [6.45, 7) is 8.24. The fourth-order valence-corrected chi connectivity index (χ4v) is 5.19. The molecular weight excluding hydrogens is 420 g/mol. The quantitative estimate of drug-likeness (QED) is 0.544. The molecule has 1 fully saturated rings. The molecule has 0 unspecified atom stereocenters. The molecule has 2 atom stereocenters. The number of hydrogen-bond acceptors (Lipinski definition) is 4. The minimum Gasteiger partial charge on any atom is -0.491 e. The molecule has 1 aromatic heterocycles. The van der Waals surface area contributed by atoms with E-state index < -0.39 is 0 Å². The second kappa shape index (κ2) is 10.1. The predicted molar refractivity (Wildman–Crippen MR) is 128 cm³/mol. The first kappa shape index (κ1) is 22.8. The van der Waals surface area contributed by atoms with Gasteiger partial charge in [0.15, 0.2) is 0 Å². The number of amides is 2. The number of rotatable bonds is 9. The van der Waals surface area contributed by atoms with Gasteiger partial charge in [-0.3, -0.25) is 9.59 Å². The van der Waals surface area contributed by atoms with Crippen LogP contribution in [0, 0.1) is 18.8 Å². The summed E-state index contributed by atoms with van der Waals surface area (Å²) in [6.07, 6.45) is 3.78. The van der Waals surface area contributed by atoms with Gasteiger partial charge in [-0.15, -0.1) is 11.3 Å². The zero-order valence-corrected chi connectivity index (χ0v) is 20.2. The zero-order chi connectivity index (χ0) is 22.7. The lowest BCUT2D eigenvalue weighted by molar-refractivity contribution is -0.143. The molecular formula is C26H34N2O3S. The summed E-state index contributed by atoms with van der Waals surface area (Å²) in [7, 11) is 0. The van der Waals surface area contributed by atoms with Gasteiger partial charge in [-0.05, 0) is 61.2 Å². The van der Waals surface area contributed by atoms with Crippen LogP contribution in [0.25, 0.3) is 0 Å². The van der Waals surface area contributed by atoms with Gasteiger partial charge in [0, 0.05) is 23.9 Å². The Hall–Kier alpha value is -2.34. The Morgan fingerprint density at radius 3 is 2.66 bits per heavy atom. The zero-order valence-electron chi connectivity index (χ0n) is 19.4. The summed E-state index contributed by atoms with van der Waals surface area (Å²) in [5.74, 6) is 1.50. The predicted octanol–water partition coefficient (Wildman–Crippen LogP) is 4.85. The van der Waals surface area contributed by atoms with Crippen molar-refractivity contribution in [3.63, 3.8) is 0 Å². The van der Waals surface area contributed by atoms with E-state index in [-0.39, 0.29) is 30.3 Å². The van der Waals surface area contributed by atoms with Crippen molar-refractivity contribution in [2.24, 2.45) is 11.8 Å². The number of fused-ring (bicyclic) bond motifs is 1. The van der Waals surface area contributed by atoms with Crippen LogP contribution in [0.5, 0.6) is 5.75 Å². The van der Waals surface area contributed by atoms with Gasteiger partial charge in [-0.2, -0.15) is 0 Å². The van der Waals surface area contributed by atoms with Gasteiger partial charge >= 0.3 is 0 Å². The van der Waals surface area contributed by atoms with Crippen molar-refractivity contribution in [3.8, 4) is 5.75 Å². The molecule has 1 saturated carbocycles. The number of thiophene rings is 1. The number of hydrogen-bond donors (Lipinski definition) is 0. The van der Waals surface area contributed by atoms with Crippen LogP contribution in [0.2, 0.25) is 0 Å². The Labute approximate surface area is 195 Å². The summed E-state index contributed by atoms with van der Waals surface area (Å²) in [5.41, 5.74) is 2.37. The van der Waals surface area contributed by atoms with E-state index in [0.29, 0.717) is 25.6 Å². The first-order valence-corrected chi connectivity index (χ1v) is 12.7. The van der Waals surface area contributed by atoms with Crippen LogP contribution in [-0.2, 0) is 16.0 Å². The molecule has 0 radical (unpaired) electrons. The van der Waals surface area contributed by atoms with Crippen LogP contribution < -0.4 is 4.74 Å². The Morgan fingerprint density at radius 1 is 1.22 bits per heavy atom. The van der Waals surface area contributed by atoms with Crippen LogP contribution in [-0.4, -0.2) is 47.9 Å². The average molecular weight is 455 g/mol. The summed E-state index contributed by atoms with van der Waals surface area (Å²) >= 11 is 1.75. The Balaban J connectivity index is 1.49. The Morgan fingerprint density at radius 2 is 1.97 bits per heavy atom. The molecule has 2 heterocycles. The van der Waals surface area contributed by atoms with Crippen LogP contribution >= 0.6 is 11.3 Å². The third-order valence-electron chi connectivity index (χ3n) is 6.64. The minimum absolute atomic E-state index is 0.0247. The number of aryl methyl sites for hydroxylation is 1. The highest BCUT2D eigenvalue weighted by Gasteiger charge is 2.37. The van der Waals surface area contributed by atoms with Crippen LogP contribution in [0.3, 0.4) is 0 Å². The van der Waals surface area contributed by atoms with E-state index in [1.807, 2.05) is 34.1 Å². The maximum atomic E-state index is 13.5. The van der Waals surface area contributed by atoms with Gasteiger partial charge in [0.25, 0.3) is 0 Å². The maximum absolute atomic E-state index is 13.5. The fraction of sp³-hybridized carbons (Fsp3) is 0.538. The average Bonchev–Trinajstić information content (AvgIpc) is 3.53. The molecule has 0 N–H and O–H groups in total. The van der Waals surface area contributed by atoms with E-state index in [0.717, 1.165) is 31.4 Å². The van der Waals surface area contributed by atoms with Gasteiger partial charge in [0.05, 0.1) is 12.6 Å². The fourth-order valence-electron chi connectivity index (χ4n) is 4.26. The van der Waals surface area contributed by atoms with Crippen LogP contribution in [0.1, 0.15) is 55.2 Å². The van der Waals surface area contributed by atoms with E-state index in [1.54, 1.807) is 11.3 Å². The molecule has 32 heavy (non-hydrogen) atoms. The van der Waals surface area contributed by atoms with Gasteiger partial charge in [0.2, 0.25) is 11.8 Å². The van der Waals surface area contributed by atoms with Gasteiger partial charge < -0.3 is 14.5 Å². The Kier molecular flexibility index (Phi) is 7.19. The van der Waals surface area contributed by atoms with E-state index >= 15 is 0 Å². The van der Waals surface area contributed by atoms with E-state index in [4.69, 9.17) is 4.74 Å². The Bertz CT molecular complexity index is 935.